The third-order valence-corrected chi connectivity index (χ3v) is 2.06. The average molecular weight is 178 g/mol. The lowest BCUT2D eigenvalue weighted by molar-refractivity contribution is 0.475. The molecule has 2 nitrogen and oxygen atoms in total. The van der Waals surface area contributed by atoms with Crippen LogP contribution in [0.1, 0.15) is 26.0 Å². The maximum Gasteiger partial charge on any atom is 0.0406 e. The lowest BCUT2D eigenvalue weighted by Crippen LogP contribution is -2.19. The number of nitrogens with zero attached hydrogens (tertiary/aromatic N) is 1. The summed E-state index contributed by atoms with van der Waals surface area (Å²) < 4.78 is 0. The molecule has 2 atom stereocenters. The second-order valence-corrected chi connectivity index (χ2v) is 3.84. The molecule has 0 aliphatic rings. The molecule has 2 heteroatoms. The van der Waals surface area contributed by atoms with Crippen LogP contribution in [0.5, 0.6) is 0 Å². The lowest BCUT2D eigenvalue weighted by Gasteiger charge is -2.12. The summed E-state index contributed by atoms with van der Waals surface area (Å²) in [5, 5.41) is 0. The molecule has 13 heavy (non-hydrogen) atoms. The third-order valence-electron chi connectivity index (χ3n) is 2.06. The predicted molar refractivity (Wildman–Crippen MR) is 55.4 cm³/mol. The van der Waals surface area contributed by atoms with Crippen molar-refractivity contribution >= 4 is 0 Å². The maximum absolute atomic E-state index is 5.73. The number of aromatic nitrogens is 1. The SMILES string of the molecule is CC(N)CC(C)Cc1ccccn1. The van der Waals surface area contributed by atoms with Gasteiger partial charge in [-0.25, -0.2) is 0 Å². The molecule has 1 aromatic rings. The molecule has 0 aliphatic heterocycles. The summed E-state index contributed by atoms with van der Waals surface area (Å²) in [5.74, 6) is 0.620. The van der Waals surface area contributed by atoms with Gasteiger partial charge in [0.05, 0.1) is 0 Å². The summed E-state index contributed by atoms with van der Waals surface area (Å²) in [6, 6.07) is 6.33. The van der Waals surface area contributed by atoms with E-state index in [-0.39, 0.29) is 0 Å². The van der Waals surface area contributed by atoms with Crippen LogP contribution in [0.2, 0.25) is 0 Å². The van der Waals surface area contributed by atoms with E-state index >= 15 is 0 Å². The fourth-order valence-electron chi connectivity index (χ4n) is 1.59. The molecule has 0 bridgehead atoms. The molecule has 1 heterocycles. The Balaban J connectivity index is 2.41. The molecule has 0 fully saturated rings. The van der Waals surface area contributed by atoms with Crippen LogP contribution in [0, 0.1) is 5.92 Å². The molecule has 0 spiro atoms. The Kier molecular flexibility index (Phi) is 3.90. The zero-order chi connectivity index (χ0) is 9.68. The van der Waals surface area contributed by atoms with Crippen LogP contribution in [0.25, 0.3) is 0 Å². The van der Waals surface area contributed by atoms with Crippen molar-refractivity contribution in [2.24, 2.45) is 11.7 Å². The van der Waals surface area contributed by atoms with Gasteiger partial charge in [0, 0.05) is 17.9 Å². The molecular weight excluding hydrogens is 160 g/mol. The summed E-state index contributed by atoms with van der Waals surface area (Å²) in [7, 11) is 0. The molecule has 0 aromatic carbocycles. The van der Waals surface area contributed by atoms with Crippen LogP contribution in [-0.2, 0) is 6.42 Å². The van der Waals surface area contributed by atoms with Crippen LogP contribution < -0.4 is 5.73 Å². The van der Waals surface area contributed by atoms with Crippen LogP contribution >= 0.6 is 0 Å². The van der Waals surface area contributed by atoms with Gasteiger partial charge in [-0.1, -0.05) is 13.0 Å². The Bertz CT molecular complexity index is 231. The molecule has 0 saturated heterocycles. The van der Waals surface area contributed by atoms with Gasteiger partial charge in [-0.05, 0) is 37.8 Å². The molecular formula is C11H18N2. The fraction of sp³-hybridized carbons (Fsp3) is 0.545. The molecule has 0 aliphatic carbocycles. The first kappa shape index (κ1) is 10.2. The maximum atomic E-state index is 5.73. The van der Waals surface area contributed by atoms with Crippen LogP contribution in [0.15, 0.2) is 24.4 Å². The first-order valence-electron chi connectivity index (χ1n) is 4.84. The van der Waals surface area contributed by atoms with E-state index in [1.807, 2.05) is 18.3 Å². The zero-order valence-electron chi connectivity index (χ0n) is 8.40. The largest absolute Gasteiger partial charge is 0.328 e. The zero-order valence-corrected chi connectivity index (χ0v) is 8.40. The third kappa shape index (κ3) is 4.04. The van der Waals surface area contributed by atoms with Gasteiger partial charge in [0.1, 0.15) is 0 Å². The van der Waals surface area contributed by atoms with Crippen molar-refractivity contribution in [3.8, 4) is 0 Å². The average Bonchev–Trinajstić information content (AvgIpc) is 2.04. The molecule has 1 aromatic heterocycles. The summed E-state index contributed by atoms with van der Waals surface area (Å²) in [5.41, 5.74) is 6.89. The standard InChI is InChI=1S/C11H18N2/c1-9(7-10(2)12)8-11-5-3-4-6-13-11/h3-6,9-10H,7-8,12H2,1-2H3. The highest BCUT2D eigenvalue weighted by Gasteiger charge is 2.06. The molecule has 0 radical (unpaired) electrons. The van der Waals surface area contributed by atoms with Crippen molar-refractivity contribution < 1.29 is 0 Å². The van der Waals surface area contributed by atoms with Crippen molar-refractivity contribution in [3.05, 3.63) is 30.1 Å². The fourth-order valence-corrected chi connectivity index (χ4v) is 1.59. The number of hydrogen-bond acceptors (Lipinski definition) is 2. The van der Waals surface area contributed by atoms with Gasteiger partial charge >= 0.3 is 0 Å². The number of hydrogen-bond donors (Lipinski definition) is 1. The molecule has 2 unspecified atom stereocenters. The van der Waals surface area contributed by atoms with Crippen molar-refractivity contribution in [1.82, 2.24) is 4.98 Å². The van der Waals surface area contributed by atoms with Gasteiger partial charge in [0.2, 0.25) is 0 Å². The van der Waals surface area contributed by atoms with Gasteiger partial charge in [-0.2, -0.15) is 0 Å². The Hall–Kier alpha value is -0.890. The van der Waals surface area contributed by atoms with Crippen molar-refractivity contribution in [1.29, 1.82) is 0 Å². The number of pyridine rings is 1. The minimum atomic E-state index is 0.290. The van der Waals surface area contributed by atoms with Crippen molar-refractivity contribution in [2.45, 2.75) is 32.7 Å². The highest BCUT2D eigenvalue weighted by Crippen LogP contribution is 2.10. The second kappa shape index (κ2) is 4.97. The molecule has 0 amide bonds. The van der Waals surface area contributed by atoms with E-state index in [4.69, 9.17) is 5.73 Å². The predicted octanol–water partition coefficient (Wildman–Crippen LogP) is 2.00. The molecule has 2 N–H and O–H groups in total. The summed E-state index contributed by atoms with van der Waals surface area (Å²) in [6.45, 7) is 4.27. The molecule has 72 valence electrons. The van der Waals surface area contributed by atoms with E-state index in [0.29, 0.717) is 12.0 Å². The summed E-state index contributed by atoms with van der Waals surface area (Å²) in [6.07, 6.45) is 3.94. The van der Waals surface area contributed by atoms with E-state index in [1.165, 1.54) is 0 Å². The first-order chi connectivity index (χ1) is 6.18. The molecule has 0 saturated carbocycles. The van der Waals surface area contributed by atoms with Gasteiger partial charge in [-0.3, -0.25) is 4.98 Å². The Morgan fingerprint density at radius 2 is 2.15 bits per heavy atom. The van der Waals surface area contributed by atoms with E-state index < -0.39 is 0 Å². The minimum Gasteiger partial charge on any atom is -0.328 e. The monoisotopic (exact) mass is 178 g/mol. The minimum absolute atomic E-state index is 0.290. The summed E-state index contributed by atoms with van der Waals surface area (Å²) >= 11 is 0. The van der Waals surface area contributed by atoms with E-state index in [0.717, 1.165) is 18.5 Å². The highest BCUT2D eigenvalue weighted by atomic mass is 14.7. The highest BCUT2D eigenvalue weighted by molar-refractivity contribution is 5.04. The molecule has 1 rings (SSSR count). The van der Waals surface area contributed by atoms with E-state index in [2.05, 4.69) is 24.9 Å². The summed E-state index contributed by atoms with van der Waals surface area (Å²) in [4.78, 5) is 4.29. The van der Waals surface area contributed by atoms with Gasteiger partial charge in [-0.15, -0.1) is 0 Å². The van der Waals surface area contributed by atoms with Crippen LogP contribution in [0.3, 0.4) is 0 Å². The Labute approximate surface area is 80.2 Å². The number of nitrogens with two attached hydrogens (primary N) is 1. The van der Waals surface area contributed by atoms with E-state index in [1.54, 1.807) is 0 Å². The van der Waals surface area contributed by atoms with Crippen molar-refractivity contribution in [2.75, 3.05) is 0 Å². The van der Waals surface area contributed by atoms with Crippen LogP contribution in [0.4, 0.5) is 0 Å². The normalized spacial score (nSPS) is 15.3. The Morgan fingerprint density at radius 1 is 1.38 bits per heavy atom. The second-order valence-electron chi connectivity index (χ2n) is 3.84. The van der Waals surface area contributed by atoms with E-state index in [9.17, 15) is 0 Å². The van der Waals surface area contributed by atoms with Gasteiger partial charge < -0.3 is 5.73 Å². The van der Waals surface area contributed by atoms with Gasteiger partial charge in [0.25, 0.3) is 0 Å². The lowest BCUT2D eigenvalue weighted by atomic mass is 9.98. The Morgan fingerprint density at radius 3 is 2.69 bits per heavy atom. The van der Waals surface area contributed by atoms with Crippen molar-refractivity contribution in [3.63, 3.8) is 0 Å². The quantitative estimate of drug-likeness (QED) is 0.766. The topological polar surface area (TPSA) is 38.9 Å². The smallest absolute Gasteiger partial charge is 0.0406 e. The van der Waals surface area contributed by atoms with Crippen LogP contribution in [-0.4, -0.2) is 11.0 Å². The van der Waals surface area contributed by atoms with Gasteiger partial charge in [0.15, 0.2) is 0 Å². The first-order valence-corrected chi connectivity index (χ1v) is 4.84. The number of rotatable bonds is 4.